The second kappa shape index (κ2) is 7.14. The average Bonchev–Trinajstić information content (AvgIpc) is 2.03. The molecule has 0 aliphatic carbocycles. The van der Waals surface area contributed by atoms with Crippen LogP contribution in [0.1, 0.15) is 59.3 Å². The summed E-state index contributed by atoms with van der Waals surface area (Å²) in [5, 5.41) is 0.218. The van der Waals surface area contributed by atoms with Gasteiger partial charge < -0.3 is 0 Å². The molecule has 0 atom stereocenters. The van der Waals surface area contributed by atoms with Crippen LogP contribution in [0.2, 0.25) is 5.04 Å². The van der Waals surface area contributed by atoms with Crippen LogP contribution in [0.5, 0.6) is 0 Å². The maximum absolute atomic E-state index is 6.01. The Balaban J connectivity index is 3.41. The van der Waals surface area contributed by atoms with Gasteiger partial charge in [0.15, 0.2) is 0 Å². The highest BCUT2D eigenvalue weighted by molar-refractivity contribution is 7.35. The second-order valence-electron chi connectivity index (χ2n) is 4.45. The lowest BCUT2D eigenvalue weighted by Gasteiger charge is -2.24. The van der Waals surface area contributed by atoms with E-state index in [2.05, 4.69) is 20.8 Å². The maximum Gasteiger partial charge on any atom is 0.242 e. The van der Waals surface area contributed by atoms with Gasteiger partial charge in [-0.15, -0.1) is 22.2 Å². The van der Waals surface area contributed by atoms with Crippen LogP contribution in [0.25, 0.3) is 0 Å². The number of halogens is 2. The monoisotopic (exact) mass is 240 g/mol. The molecule has 0 amide bonds. The molecule has 0 radical (unpaired) electrons. The van der Waals surface area contributed by atoms with Crippen molar-refractivity contribution in [2.45, 2.75) is 64.3 Å². The van der Waals surface area contributed by atoms with E-state index in [1.165, 1.54) is 38.5 Å². The minimum atomic E-state index is -1.49. The van der Waals surface area contributed by atoms with E-state index in [4.69, 9.17) is 22.2 Å². The lowest BCUT2D eigenvalue weighted by molar-refractivity contribution is 0.531. The number of hydrogen-bond acceptors (Lipinski definition) is 0. The zero-order valence-corrected chi connectivity index (χ0v) is 11.7. The van der Waals surface area contributed by atoms with Gasteiger partial charge in [0.25, 0.3) is 0 Å². The van der Waals surface area contributed by atoms with E-state index in [9.17, 15) is 0 Å². The molecule has 0 aromatic rings. The van der Waals surface area contributed by atoms with E-state index >= 15 is 0 Å². The van der Waals surface area contributed by atoms with Crippen molar-refractivity contribution in [3.8, 4) is 0 Å². The maximum atomic E-state index is 6.01. The summed E-state index contributed by atoms with van der Waals surface area (Å²) in [5.41, 5.74) is 0. The Labute approximate surface area is 94.0 Å². The first-order chi connectivity index (χ1) is 6.00. The van der Waals surface area contributed by atoms with Crippen molar-refractivity contribution in [2.24, 2.45) is 0 Å². The van der Waals surface area contributed by atoms with E-state index in [0.717, 1.165) is 0 Å². The van der Waals surface area contributed by atoms with E-state index in [1.54, 1.807) is 0 Å². The van der Waals surface area contributed by atoms with Gasteiger partial charge in [-0.1, -0.05) is 52.9 Å². The average molecular weight is 241 g/mol. The highest BCUT2D eigenvalue weighted by Gasteiger charge is 2.27. The normalized spacial score (nSPS) is 12.5. The van der Waals surface area contributed by atoms with Gasteiger partial charge in [-0.05, 0) is 11.5 Å². The highest BCUT2D eigenvalue weighted by Crippen LogP contribution is 2.38. The van der Waals surface area contributed by atoms with Crippen molar-refractivity contribution >= 4 is 29.6 Å². The molecule has 0 nitrogen and oxygen atoms in total. The molecule has 0 aliphatic heterocycles. The van der Waals surface area contributed by atoms with Gasteiger partial charge in [0.05, 0.1) is 0 Å². The molecule has 80 valence electrons. The minimum absolute atomic E-state index is 0.218. The van der Waals surface area contributed by atoms with Crippen LogP contribution >= 0.6 is 22.2 Å². The van der Waals surface area contributed by atoms with Crippen LogP contribution in [0.15, 0.2) is 0 Å². The third kappa shape index (κ3) is 6.81. The van der Waals surface area contributed by atoms with Gasteiger partial charge in [-0.3, -0.25) is 0 Å². The van der Waals surface area contributed by atoms with Crippen molar-refractivity contribution in [3.05, 3.63) is 0 Å². The van der Waals surface area contributed by atoms with Gasteiger partial charge in [0.2, 0.25) is 7.42 Å². The Morgan fingerprint density at radius 2 is 1.54 bits per heavy atom. The van der Waals surface area contributed by atoms with E-state index in [1.807, 2.05) is 0 Å². The Bertz CT molecular complexity index is 124. The van der Waals surface area contributed by atoms with Gasteiger partial charge >= 0.3 is 0 Å². The number of hydrogen-bond donors (Lipinski definition) is 0. The smallest absolute Gasteiger partial charge is 0.150 e. The number of unbranched alkanes of at least 4 members (excludes halogenated alkanes) is 4. The van der Waals surface area contributed by atoms with Crippen LogP contribution in [0.3, 0.4) is 0 Å². The minimum Gasteiger partial charge on any atom is -0.150 e. The number of rotatable bonds is 7. The molecule has 0 aliphatic rings. The second-order valence-corrected chi connectivity index (χ2v) is 9.91. The molecular formula is C10H22Cl2Si. The van der Waals surface area contributed by atoms with Crippen LogP contribution in [0.4, 0.5) is 0 Å². The summed E-state index contributed by atoms with van der Waals surface area (Å²) in [6.07, 6.45) is 7.86. The fourth-order valence-corrected chi connectivity index (χ4v) is 2.37. The Kier molecular flexibility index (Phi) is 7.57. The molecule has 0 heterocycles. The Morgan fingerprint density at radius 1 is 1.00 bits per heavy atom. The topological polar surface area (TPSA) is 0 Å². The molecule has 0 aromatic heterocycles. The predicted molar refractivity (Wildman–Crippen MR) is 66.3 cm³/mol. The van der Waals surface area contributed by atoms with Gasteiger partial charge in [-0.2, -0.15) is 0 Å². The first kappa shape index (κ1) is 13.8. The van der Waals surface area contributed by atoms with Crippen molar-refractivity contribution in [2.75, 3.05) is 0 Å². The largest absolute Gasteiger partial charge is 0.242 e. The third-order valence-corrected chi connectivity index (χ3v) is 7.53. The van der Waals surface area contributed by atoms with Crippen LogP contribution in [-0.2, 0) is 0 Å². The third-order valence-electron chi connectivity index (χ3n) is 2.52. The molecule has 0 saturated carbocycles. The van der Waals surface area contributed by atoms with Gasteiger partial charge in [0.1, 0.15) is 0 Å². The molecule has 0 unspecified atom stereocenters. The van der Waals surface area contributed by atoms with Crippen LogP contribution in [0, 0.1) is 0 Å². The summed E-state index contributed by atoms with van der Waals surface area (Å²) in [5.74, 6) is 0. The molecule has 0 fully saturated rings. The van der Waals surface area contributed by atoms with E-state index in [0.29, 0.717) is 0 Å². The predicted octanol–water partition coefficient (Wildman–Crippen LogP) is 4.83. The molecule has 0 bridgehead atoms. The molecule has 0 N–H and O–H groups in total. The fourth-order valence-electron chi connectivity index (χ4n) is 1.29. The first-order valence-corrected chi connectivity index (χ1v) is 9.35. The molecule has 3 heteroatoms. The lowest BCUT2D eigenvalue weighted by atomic mass is 10.0. The molecule has 0 rings (SSSR count). The summed E-state index contributed by atoms with van der Waals surface area (Å²) in [4.78, 5) is 0. The standard InChI is InChI=1S/C10H22Cl2Si/c1-4-5-6-7-8-9-10(2,3)13(11)12/h13H,4-9H2,1-3H3. The molecule has 0 saturated heterocycles. The van der Waals surface area contributed by atoms with Crippen molar-refractivity contribution < 1.29 is 0 Å². The Morgan fingerprint density at radius 3 is 2.00 bits per heavy atom. The quantitative estimate of drug-likeness (QED) is 0.340. The van der Waals surface area contributed by atoms with Crippen LogP contribution < -0.4 is 0 Å². The summed E-state index contributed by atoms with van der Waals surface area (Å²) in [6, 6.07) is 0. The first-order valence-electron chi connectivity index (χ1n) is 5.29. The highest BCUT2D eigenvalue weighted by atomic mass is 35.7. The summed E-state index contributed by atoms with van der Waals surface area (Å²) in [6.45, 7) is 6.64. The molecular weight excluding hydrogens is 219 g/mol. The van der Waals surface area contributed by atoms with Crippen molar-refractivity contribution in [1.82, 2.24) is 0 Å². The van der Waals surface area contributed by atoms with E-state index in [-0.39, 0.29) is 5.04 Å². The fraction of sp³-hybridized carbons (Fsp3) is 1.00. The molecule has 0 spiro atoms. The van der Waals surface area contributed by atoms with Crippen molar-refractivity contribution in [3.63, 3.8) is 0 Å². The molecule has 13 heavy (non-hydrogen) atoms. The lowest BCUT2D eigenvalue weighted by Crippen LogP contribution is -2.16. The SMILES string of the molecule is CCCCCCCC(C)(C)[SiH](Cl)Cl. The van der Waals surface area contributed by atoms with Crippen LogP contribution in [-0.4, -0.2) is 7.42 Å². The van der Waals surface area contributed by atoms with Gasteiger partial charge in [-0.25, -0.2) is 0 Å². The summed E-state index contributed by atoms with van der Waals surface area (Å²) < 4.78 is 0. The molecule has 0 aromatic carbocycles. The summed E-state index contributed by atoms with van der Waals surface area (Å²) >= 11 is 12.0. The van der Waals surface area contributed by atoms with Gasteiger partial charge in [0, 0.05) is 0 Å². The summed E-state index contributed by atoms with van der Waals surface area (Å²) in [7, 11) is -1.49. The zero-order chi connectivity index (χ0) is 10.3. The zero-order valence-electron chi connectivity index (χ0n) is 9.08. The van der Waals surface area contributed by atoms with E-state index < -0.39 is 7.42 Å². The Hall–Kier alpha value is 0.797. The van der Waals surface area contributed by atoms with Crippen molar-refractivity contribution in [1.29, 1.82) is 0 Å².